The molecule has 0 spiro atoms. The van der Waals surface area contributed by atoms with E-state index in [1.165, 1.54) is 5.56 Å². The first-order valence-corrected chi connectivity index (χ1v) is 7.54. The summed E-state index contributed by atoms with van der Waals surface area (Å²) in [5.41, 5.74) is 4.60. The number of ether oxygens (including phenoxy) is 1. The molecule has 1 N–H and O–H groups in total. The normalized spacial score (nSPS) is 10.3. The van der Waals surface area contributed by atoms with Crippen molar-refractivity contribution in [2.24, 2.45) is 0 Å². The summed E-state index contributed by atoms with van der Waals surface area (Å²) in [5.74, 6) is 0.961. The number of aryl methyl sites for hydroxylation is 3. The van der Waals surface area contributed by atoms with Crippen LogP contribution in [0.2, 0.25) is 0 Å². The predicted molar refractivity (Wildman–Crippen MR) is 89.1 cm³/mol. The third-order valence-electron chi connectivity index (χ3n) is 3.67. The van der Waals surface area contributed by atoms with Crippen LogP contribution in [-0.2, 0) is 17.8 Å². The van der Waals surface area contributed by atoms with Crippen molar-refractivity contribution >= 4 is 5.91 Å². The van der Waals surface area contributed by atoms with Crippen LogP contribution in [0.25, 0.3) is 0 Å². The SMILES string of the molecule is COc1ccc(CCC(=O)NCc2cccc(C)c2)cc1C. The van der Waals surface area contributed by atoms with Crippen LogP contribution in [0.4, 0.5) is 0 Å². The molecule has 2 rings (SSSR count). The van der Waals surface area contributed by atoms with E-state index in [-0.39, 0.29) is 5.91 Å². The van der Waals surface area contributed by atoms with E-state index >= 15 is 0 Å². The lowest BCUT2D eigenvalue weighted by Gasteiger charge is -2.08. The zero-order valence-electron chi connectivity index (χ0n) is 13.5. The summed E-state index contributed by atoms with van der Waals surface area (Å²) in [7, 11) is 1.67. The molecule has 2 aromatic carbocycles. The van der Waals surface area contributed by atoms with Crippen molar-refractivity contribution in [3.63, 3.8) is 0 Å². The van der Waals surface area contributed by atoms with Gasteiger partial charge in [0.25, 0.3) is 0 Å². The molecule has 0 aliphatic rings. The average molecular weight is 297 g/mol. The van der Waals surface area contributed by atoms with E-state index in [2.05, 4.69) is 30.4 Å². The van der Waals surface area contributed by atoms with E-state index < -0.39 is 0 Å². The molecule has 0 saturated heterocycles. The molecule has 2 aromatic rings. The fourth-order valence-corrected chi connectivity index (χ4v) is 2.47. The number of nitrogens with one attached hydrogen (secondary N) is 1. The monoisotopic (exact) mass is 297 g/mol. The van der Waals surface area contributed by atoms with Crippen LogP contribution < -0.4 is 10.1 Å². The summed E-state index contributed by atoms with van der Waals surface area (Å²) < 4.78 is 5.24. The molecule has 0 atom stereocenters. The number of carbonyl (C=O) groups excluding carboxylic acids is 1. The molecule has 0 unspecified atom stereocenters. The highest BCUT2D eigenvalue weighted by atomic mass is 16.5. The fourth-order valence-electron chi connectivity index (χ4n) is 2.47. The van der Waals surface area contributed by atoms with E-state index in [1.54, 1.807) is 7.11 Å². The molecule has 116 valence electrons. The smallest absolute Gasteiger partial charge is 0.220 e. The minimum absolute atomic E-state index is 0.0787. The molecular formula is C19H23NO2. The Morgan fingerprint density at radius 3 is 2.59 bits per heavy atom. The third-order valence-corrected chi connectivity index (χ3v) is 3.67. The number of hydrogen-bond acceptors (Lipinski definition) is 2. The lowest BCUT2D eigenvalue weighted by Crippen LogP contribution is -2.23. The van der Waals surface area contributed by atoms with Crippen LogP contribution in [0.5, 0.6) is 5.75 Å². The molecule has 0 aliphatic carbocycles. The highest BCUT2D eigenvalue weighted by Gasteiger charge is 2.04. The highest BCUT2D eigenvalue weighted by molar-refractivity contribution is 5.76. The van der Waals surface area contributed by atoms with Gasteiger partial charge in [0.2, 0.25) is 5.91 Å². The number of hydrogen-bond donors (Lipinski definition) is 1. The van der Waals surface area contributed by atoms with Gasteiger partial charge in [-0.15, -0.1) is 0 Å². The molecule has 0 aromatic heterocycles. The number of rotatable bonds is 6. The van der Waals surface area contributed by atoms with Crippen molar-refractivity contribution in [3.8, 4) is 5.75 Å². The van der Waals surface area contributed by atoms with Crippen LogP contribution in [0.15, 0.2) is 42.5 Å². The van der Waals surface area contributed by atoms with Crippen molar-refractivity contribution in [1.82, 2.24) is 5.32 Å². The van der Waals surface area contributed by atoms with Gasteiger partial charge < -0.3 is 10.1 Å². The van der Waals surface area contributed by atoms with Gasteiger partial charge in [0.1, 0.15) is 5.75 Å². The van der Waals surface area contributed by atoms with Crippen molar-refractivity contribution in [3.05, 3.63) is 64.7 Å². The second kappa shape index (κ2) is 7.64. The van der Waals surface area contributed by atoms with E-state index in [1.807, 2.05) is 31.2 Å². The molecule has 0 bridgehead atoms. The summed E-state index contributed by atoms with van der Waals surface area (Å²) in [4.78, 5) is 11.9. The molecule has 22 heavy (non-hydrogen) atoms. The zero-order valence-corrected chi connectivity index (χ0v) is 13.5. The number of methoxy groups -OCH3 is 1. The lowest BCUT2D eigenvalue weighted by atomic mass is 10.1. The molecule has 3 heteroatoms. The molecule has 0 aliphatic heterocycles. The van der Waals surface area contributed by atoms with E-state index in [0.29, 0.717) is 13.0 Å². The Morgan fingerprint density at radius 2 is 1.91 bits per heavy atom. The molecular weight excluding hydrogens is 274 g/mol. The highest BCUT2D eigenvalue weighted by Crippen LogP contribution is 2.19. The molecule has 0 radical (unpaired) electrons. The second-order valence-corrected chi connectivity index (χ2v) is 5.57. The lowest BCUT2D eigenvalue weighted by molar-refractivity contribution is -0.121. The topological polar surface area (TPSA) is 38.3 Å². The Morgan fingerprint density at radius 1 is 1.09 bits per heavy atom. The van der Waals surface area contributed by atoms with Gasteiger partial charge in [-0.1, -0.05) is 42.0 Å². The van der Waals surface area contributed by atoms with Crippen molar-refractivity contribution in [2.75, 3.05) is 7.11 Å². The van der Waals surface area contributed by atoms with Gasteiger partial charge in [0, 0.05) is 13.0 Å². The Labute approximate surface area is 132 Å². The number of carbonyl (C=O) groups is 1. The predicted octanol–water partition coefficient (Wildman–Crippen LogP) is 3.56. The van der Waals surface area contributed by atoms with Gasteiger partial charge in [0.15, 0.2) is 0 Å². The van der Waals surface area contributed by atoms with Crippen LogP contribution in [-0.4, -0.2) is 13.0 Å². The Hall–Kier alpha value is -2.29. The maximum Gasteiger partial charge on any atom is 0.220 e. The maximum absolute atomic E-state index is 11.9. The largest absolute Gasteiger partial charge is 0.496 e. The number of amides is 1. The molecule has 1 amide bonds. The first kappa shape index (κ1) is 16.1. The van der Waals surface area contributed by atoms with E-state index in [0.717, 1.165) is 28.9 Å². The Kier molecular flexibility index (Phi) is 5.59. The van der Waals surface area contributed by atoms with Crippen molar-refractivity contribution in [2.45, 2.75) is 33.2 Å². The van der Waals surface area contributed by atoms with Gasteiger partial charge in [-0.25, -0.2) is 0 Å². The fraction of sp³-hybridized carbons (Fsp3) is 0.316. The maximum atomic E-state index is 11.9. The summed E-state index contributed by atoms with van der Waals surface area (Å²) in [6, 6.07) is 14.2. The van der Waals surface area contributed by atoms with Crippen molar-refractivity contribution in [1.29, 1.82) is 0 Å². The van der Waals surface area contributed by atoms with Gasteiger partial charge in [-0.3, -0.25) is 4.79 Å². The van der Waals surface area contributed by atoms with E-state index in [4.69, 9.17) is 4.74 Å². The quantitative estimate of drug-likeness (QED) is 0.885. The molecule has 0 fully saturated rings. The van der Waals surface area contributed by atoms with E-state index in [9.17, 15) is 4.79 Å². The molecule has 0 heterocycles. The summed E-state index contributed by atoms with van der Waals surface area (Å²) in [6.07, 6.45) is 1.24. The number of benzene rings is 2. The second-order valence-electron chi connectivity index (χ2n) is 5.57. The van der Waals surface area contributed by atoms with Gasteiger partial charge in [0.05, 0.1) is 7.11 Å². The standard InChI is InChI=1S/C19H23NO2/c1-14-5-4-6-17(11-14)13-20-19(21)10-8-16-7-9-18(22-3)15(2)12-16/h4-7,9,11-12H,8,10,13H2,1-3H3,(H,20,21). The Balaban J connectivity index is 1.81. The first-order chi connectivity index (χ1) is 10.6. The van der Waals surface area contributed by atoms with Gasteiger partial charge in [-0.2, -0.15) is 0 Å². The average Bonchev–Trinajstić information content (AvgIpc) is 2.51. The van der Waals surface area contributed by atoms with Crippen LogP contribution in [0.3, 0.4) is 0 Å². The Bertz CT molecular complexity index is 650. The third kappa shape index (κ3) is 4.62. The van der Waals surface area contributed by atoms with Gasteiger partial charge >= 0.3 is 0 Å². The molecule has 0 saturated carbocycles. The minimum Gasteiger partial charge on any atom is -0.496 e. The summed E-state index contributed by atoms with van der Waals surface area (Å²) in [6.45, 7) is 4.65. The molecule has 3 nitrogen and oxygen atoms in total. The van der Waals surface area contributed by atoms with Crippen LogP contribution in [0.1, 0.15) is 28.7 Å². The first-order valence-electron chi connectivity index (χ1n) is 7.54. The van der Waals surface area contributed by atoms with Gasteiger partial charge in [-0.05, 0) is 43.0 Å². The minimum atomic E-state index is 0.0787. The zero-order chi connectivity index (χ0) is 15.9. The summed E-state index contributed by atoms with van der Waals surface area (Å²) >= 11 is 0. The summed E-state index contributed by atoms with van der Waals surface area (Å²) in [5, 5.41) is 2.97. The van der Waals surface area contributed by atoms with Crippen molar-refractivity contribution < 1.29 is 9.53 Å². The van der Waals surface area contributed by atoms with Crippen LogP contribution >= 0.6 is 0 Å². The van der Waals surface area contributed by atoms with Crippen LogP contribution in [0, 0.1) is 13.8 Å².